The van der Waals surface area contributed by atoms with Crippen LogP contribution in [-0.2, 0) is 16.1 Å². The first-order valence-corrected chi connectivity index (χ1v) is 11.0. The molecule has 5 aliphatic rings. The molecule has 1 aromatic heterocycles. The maximum atomic E-state index is 13.5. The van der Waals surface area contributed by atoms with E-state index >= 15 is 0 Å². The molecule has 4 nitrogen and oxygen atoms in total. The van der Waals surface area contributed by atoms with Gasteiger partial charge in [0.2, 0.25) is 5.91 Å². The van der Waals surface area contributed by atoms with Gasteiger partial charge in [0.15, 0.2) is 0 Å². The number of pyridine rings is 1. The highest BCUT2D eigenvalue weighted by Gasteiger charge is 2.51. The highest BCUT2D eigenvalue weighted by atomic mass is 16.5. The summed E-state index contributed by atoms with van der Waals surface area (Å²) in [5.74, 6) is 3.05. The third kappa shape index (κ3) is 3.78. The Hall–Kier alpha value is -1.42. The summed E-state index contributed by atoms with van der Waals surface area (Å²) >= 11 is 0. The average molecular weight is 369 g/mol. The Morgan fingerprint density at radius 3 is 2.37 bits per heavy atom. The molecular weight excluding hydrogens is 336 g/mol. The normalized spacial score (nSPS) is 36.9. The van der Waals surface area contributed by atoms with Crippen molar-refractivity contribution >= 4 is 5.91 Å². The average Bonchev–Trinajstić information content (AvgIpc) is 3.13. The van der Waals surface area contributed by atoms with Gasteiger partial charge in [0.1, 0.15) is 0 Å². The number of hydrogen-bond donors (Lipinski definition) is 0. The number of rotatable bonds is 6. The molecule has 0 unspecified atom stereocenters. The summed E-state index contributed by atoms with van der Waals surface area (Å²) in [5.41, 5.74) is 1.47. The van der Waals surface area contributed by atoms with Gasteiger partial charge in [0.05, 0.1) is 6.10 Å². The standard InChI is InChI=1S/C23H32N2O2/c26-22(14-23-11-18-8-19(12-23)10-20(9-18)13-23)25(16-21-2-1-7-27-21)15-17-3-5-24-6-4-17/h3-6,18-21H,1-2,7-16H2/t18?,19?,20?,21-,23?/m0/s1. The summed E-state index contributed by atoms with van der Waals surface area (Å²) in [4.78, 5) is 19.7. The van der Waals surface area contributed by atoms with Crippen LogP contribution in [0, 0.1) is 23.2 Å². The Balaban J connectivity index is 1.30. The third-order valence-corrected chi connectivity index (χ3v) is 7.61. The largest absolute Gasteiger partial charge is 0.376 e. The van der Waals surface area contributed by atoms with Crippen LogP contribution in [0.3, 0.4) is 0 Å². The molecule has 1 aliphatic heterocycles. The van der Waals surface area contributed by atoms with Crippen LogP contribution >= 0.6 is 0 Å². The molecule has 1 amide bonds. The molecular formula is C23H32N2O2. The minimum absolute atomic E-state index is 0.215. The SMILES string of the molecule is O=C(CC12CC3CC(CC(C3)C1)C2)N(Cc1ccncc1)C[C@@H]1CCCO1. The second-order valence-electron chi connectivity index (χ2n) is 9.86. The van der Waals surface area contributed by atoms with Crippen LogP contribution in [0.2, 0.25) is 0 Å². The lowest BCUT2D eigenvalue weighted by atomic mass is 9.49. The van der Waals surface area contributed by atoms with Crippen LogP contribution in [0.25, 0.3) is 0 Å². The van der Waals surface area contributed by atoms with Gasteiger partial charge in [-0.15, -0.1) is 0 Å². The van der Waals surface area contributed by atoms with Crippen molar-refractivity contribution in [2.75, 3.05) is 13.2 Å². The third-order valence-electron chi connectivity index (χ3n) is 7.61. The van der Waals surface area contributed by atoms with Crippen molar-refractivity contribution in [3.8, 4) is 0 Å². The summed E-state index contributed by atoms with van der Waals surface area (Å²) in [5, 5.41) is 0. The molecule has 146 valence electrons. The lowest BCUT2D eigenvalue weighted by Gasteiger charge is -2.57. The lowest BCUT2D eigenvalue weighted by molar-refractivity contribution is -0.141. The van der Waals surface area contributed by atoms with Crippen LogP contribution in [0.5, 0.6) is 0 Å². The van der Waals surface area contributed by atoms with Crippen LogP contribution in [0.15, 0.2) is 24.5 Å². The summed E-state index contributed by atoms with van der Waals surface area (Å²) in [6, 6.07) is 4.06. The topological polar surface area (TPSA) is 42.4 Å². The Kier molecular flexibility index (Phi) is 4.71. The van der Waals surface area contributed by atoms with Gasteiger partial charge in [-0.3, -0.25) is 9.78 Å². The highest BCUT2D eigenvalue weighted by Crippen LogP contribution is 2.61. The molecule has 0 radical (unpaired) electrons. The second kappa shape index (κ2) is 7.20. The molecule has 4 saturated carbocycles. The molecule has 5 fully saturated rings. The smallest absolute Gasteiger partial charge is 0.223 e. The van der Waals surface area contributed by atoms with Gasteiger partial charge < -0.3 is 9.64 Å². The van der Waals surface area contributed by atoms with E-state index in [4.69, 9.17) is 4.74 Å². The molecule has 6 rings (SSSR count). The van der Waals surface area contributed by atoms with Crippen molar-refractivity contribution in [1.29, 1.82) is 0 Å². The fourth-order valence-corrected chi connectivity index (χ4v) is 6.94. The van der Waals surface area contributed by atoms with Gasteiger partial charge in [-0.25, -0.2) is 0 Å². The molecule has 2 heterocycles. The molecule has 1 atom stereocenters. The first kappa shape index (κ1) is 17.7. The molecule has 4 aliphatic carbocycles. The van der Waals surface area contributed by atoms with E-state index in [0.717, 1.165) is 50.2 Å². The second-order valence-corrected chi connectivity index (χ2v) is 9.86. The van der Waals surface area contributed by atoms with Crippen molar-refractivity contribution in [1.82, 2.24) is 9.88 Å². The maximum absolute atomic E-state index is 13.5. The first-order chi connectivity index (χ1) is 13.2. The Labute approximate surface area is 162 Å². The summed E-state index contributed by atoms with van der Waals surface area (Å²) in [6.45, 7) is 2.28. The molecule has 1 saturated heterocycles. The number of ether oxygens (including phenoxy) is 1. The molecule has 1 aromatic rings. The Morgan fingerprint density at radius 1 is 1.11 bits per heavy atom. The van der Waals surface area contributed by atoms with E-state index in [1.807, 2.05) is 24.5 Å². The van der Waals surface area contributed by atoms with Crippen LogP contribution in [-0.4, -0.2) is 35.0 Å². The van der Waals surface area contributed by atoms with Crippen molar-refractivity contribution in [2.24, 2.45) is 23.2 Å². The van der Waals surface area contributed by atoms with Crippen LogP contribution < -0.4 is 0 Å². The van der Waals surface area contributed by atoms with Crippen LogP contribution in [0.4, 0.5) is 0 Å². The van der Waals surface area contributed by atoms with Gasteiger partial charge in [-0.05, 0) is 92.2 Å². The lowest BCUT2D eigenvalue weighted by Crippen LogP contribution is -2.49. The molecule has 0 aromatic carbocycles. The molecule has 4 heteroatoms. The van der Waals surface area contributed by atoms with Gasteiger partial charge in [0.25, 0.3) is 0 Å². The summed E-state index contributed by atoms with van der Waals surface area (Å²) in [6.07, 6.45) is 15.0. The van der Waals surface area contributed by atoms with Crippen molar-refractivity contribution in [3.63, 3.8) is 0 Å². The molecule has 0 spiro atoms. The summed E-state index contributed by atoms with van der Waals surface area (Å²) in [7, 11) is 0. The van der Waals surface area contributed by atoms with Gasteiger partial charge in [-0.1, -0.05) is 0 Å². The summed E-state index contributed by atoms with van der Waals surface area (Å²) < 4.78 is 5.86. The number of aromatic nitrogens is 1. The Bertz CT molecular complexity index is 633. The van der Waals surface area contributed by atoms with E-state index in [0.29, 0.717) is 17.9 Å². The predicted molar refractivity (Wildman–Crippen MR) is 104 cm³/mol. The van der Waals surface area contributed by atoms with E-state index in [1.54, 1.807) is 0 Å². The molecule has 4 bridgehead atoms. The fraction of sp³-hybridized carbons (Fsp3) is 0.739. The minimum atomic E-state index is 0.215. The van der Waals surface area contributed by atoms with E-state index in [1.165, 1.54) is 44.1 Å². The van der Waals surface area contributed by atoms with Gasteiger partial charge >= 0.3 is 0 Å². The zero-order valence-corrected chi connectivity index (χ0v) is 16.3. The van der Waals surface area contributed by atoms with Gasteiger partial charge in [0, 0.05) is 38.5 Å². The number of nitrogens with zero attached hydrogens (tertiary/aromatic N) is 2. The monoisotopic (exact) mass is 368 g/mol. The zero-order chi connectivity index (χ0) is 18.3. The van der Waals surface area contributed by atoms with E-state index in [-0.39, 0.29) is 6.10 Å². The van der Waals surface area contributed by atoms with Crippen LogP contribution in [0.1, 0.15) is 63.4 Å². The van der Waals surface area contributed by atoms with Gasteiger partial charge in [-0.2, -0.15) is 0 Å². The zero-order valence-electron chi connectivity index (χ0n) is 16.3. The van der Waals surface area contributed by atoms with Crippen molar-refractivity contribution in [2.45, 2.75) is 70.4 Å². The molecule has 0 N–H and O–H groups in total. The fourth-order valence-electron chi connectivity index (χ4n) is 6.94. The quantitative estimate of drug-likeness (QED) is 0.756. The maximum Gasteiger partial charge on any atom is 0.223 e. The number of amides is 1. The van der Waals surface area contributed by atoms with E-state index < -0.39 is 0 Å². The van der Waals surface area contributed by atoms with Crippen molar-refractivity contribution < 1.29 is 9.53 Å². The molecule has 27 heavy (non-hydrogen) atoms. The number of hydrogen-bond acceptors (Lipinski definition) is 3. The van der Waals surface area contributed by atoms with Crippen molar-refractivity contribution in [3.05, 3.63) is 30.1 Å². The Morgan fingerprint density at radius 2 is 1.78 bits per heavy atom. The number of carbonyl (C=O) groups excluding carboxylic acids is 1. The minimum Gasteiger partial charge on any atom is -0.376 e. The highest BCUT2D eigenvalue weighted by molar-refractivity contribution is 5.77. The number of carbonyl (C=O) groups is 1. The predicted octanol–water partition coefficient (Wildman–Crippen LogP) is 4.20. The van der Waals surface area contributed by atoms with E-state index in [9.17, 15) is 4.79 Å². The first-order valence-electron chi connectivity index (χ1n) is 11.0. The van der Waals surface area contributed by atoms with E-state index in [2.05, 4.69) is 9.88 Å².